The van der Waals surface area contributed by atoms with Gasteiger partial charge in [-0.25, -0.2) is 29.1 Å². The zero-order chi connectivity index (χ0) is 62.2. The van der Waals surface area contributed by atoms with E-state index in [0.717, 1.165) is 43.8 Å². The summed E-state index contributed by atoms with van der Waals surface area (Å²) in [6.07, 6.45) is 0. The summed E-state index contributed by atoms with van der Waals surface area (Å²) in [6.45, 7) is 7.37. The van der Waals surface area contributed by atoms with Gasteiger partial charge in [-0.05, 0) is 193 Å². The molecule has 447 valence electrons. The number of fused-ring (bicyclic) bond motifs is 24. The number of hydrogen-bond acceptors (Lipinski definition) is 18. The van der Waals surface area contributed by atoms with E-state index in [2.05, 4.69) is 0 Å². The first-order valence-corrected chi connectivity index (χ1v) is 28.9. The third kappa shape index (κ3) is 9.96. The van der Waals surface area contributed by atoms with Gasteiger partial charge in [-0.3, -0.25) is 0 Å². The van der Waals surface area contributed by atoms with Gasteiger partial charge in [-0.15, -0.1) is 0 Å². The predicted molar refractivity (Wildman–Crippen MR) is 343 cm³/mol. The number of aromatic nitrogens is 8. The molecule has 8 aromatic carbocycles. The second-order valence-corrected chi connectivity index (χ2v) is 22.3. The molecular formula is C72H40MnN8O12. The number of rotatable bonds is 8. The van der Waals surface area contributed by atoms with E-state index in [1.807, 2.05) is 76.2 Å². The van der Waals surface area contributed by atoms with Crippen molar-refractivity contribution in [1.29, 1.82) is 0 Å². The van der Waals surface area contributed by atoms with Crippen molar-refractivity contribution in [3.63, 3.8) is 0 Å². The van der Waals surface area contributed by atoms with Crippen LogP contribution in [0.1, 0.15) is 22.3 Å². The van der Waals surface area contributed by atoms with Crippen molar-refractivity contribution >= 4 is 88.0 Å². The Morgan fingerprint density at radius 1 is 0.269 bits per heavy atom. The summed E-state index contributed by atoms with van der Waals surface area (Å²) in [4.78, 5) is 91.1. The van der Waals surface area contributed by atoms with Gasteiger partial charge in [0.05, 0.1) is 23.3 Å². The normalized spacial score (nSPS) is 11.7. The minimum Gasteiger partial charge on any atom is -0.457 e. The average molecular weight is 1260 g/mol. The molecule has 7 aromatic heterocycles. The number of ether oxygens (including phenoxy) is 4. The molecule has 93 heavy (non-hydrogen) atoms. The summed E-state index contributed by atoms with van der Waals surface area (Å²) in [6, 6.07) is 48.6. The molecule has 1 radical (unpaired) electrons. The molecule has 0 saturated heterocycles. The van der Waals surface area contributed by atoms with Gasteiger partial charge in [-0.2, -0.15) is 0 Å². The summed E-state index contributed by atoms with van der Waals surface area (Å²) in [5.74, 6) is 4.26. The van der Waals surface area contributed by atoms with Crippen LogP contribution in [0.3, 0.4) is 0 Å². The van der Waals surface area contributed by atoms with Crippen molar-refractivity contribution in [2.75, 3.05) is 0 Å². The Morgan fingerprint density at radius 2 is 0.516 bits per heavy atom. The SMILES string of the molecule is Cc1cc(=O)oc2cc(Oc3ccc4c(c3)-c3nc-4nc4[n-]c(nc5nc(nc6[n-]c(n3)c3cc(Oc7ccc8c(C)cc(=O)oc8c7)ccc63)-c3ccc(Oc6ccc7c(C)cc(=O)oc7c6)cc3-5)c3cc(Oc5ccc6c(C)cc(=O)oc6c5)ccc43)ccc12.[Mn+2]. The van der Waals surface area contributed by atoms with E-state index in [1.165, 1.54) is 24.3 Å². The van der Waals surface area contributed by atoms with Gasteiger partial charge in [0.2, 0.25) is 0 Å². The van der Waals surface area contributed by atoms with E-state index in [4.69, 9.17) is 76.5 Å². The minimum absolute atomic E-state index is 0. The molecule has 15 aromatic rings. The van der Waals surface area contributed by atoms with Crippen LogP contribution in [0.25, 0.3) is 134 Å². The molecule has 0 fully saturated rings. The van der Waals surface area contributed by atoms with Crippen molar-refractivity contribution in [1.82, 2.24) is 39.9 Å². The van der Waals surface area contributed by atoms with Gasteiger partial charge in [-0.1, -0.05) is 0 Å². The van der Waals surface area contributed by atoms with E-state index in [1.54, 1.807) is 97.1 Å². The summed E-state index contributed by atoms with van der Waals surface area (Å²) in [5, 5.41) is 5.31. The van der Waals surface area contributed by atoms with E-state index in [-0.39, 0.29) is 63.0 Å². The van der Waals surface area contributed by atoms with Crippen LogP contribution in [-0.2, 0) is 17.1 Å². The van der Waals surface area contributed by atoms with Crippen LogP contribution in [0.4, 0.5) is 0 Å². The number of aryl methyl sites for hydroxylation is 4. The Labute approximate surface area is 531 Å². The molecule has 0 spiro atoms. The number of nitrogens with zero attached hydrogens (tertiary/aromatic N) is 8. The first-order chi connectivity index (χ1) is 44.7. The van der Waals surface area contributed by atoms with Gasteiger partial charge >= 0.3 is 39.6 Å². The fourth-order valence-electron chi connectivity index (χ4n) is 11.9. The van der Waals surface area contributed by atoms with Crippen LogP contribution in [0.15, 0.2) is 207 Å². The fraction of sp³-hybridized carbons (Fsp3) is 0.0556. The van der Waals surface area contributed by atoms with Crippen molar-refractivity contribution < 1.29 is 53.7 Å². The van der Waals surface area contributed by atoms with Gasteiger partial charge in [0, 0.05) is 115 Å². The molecule has 17 rings (SSSR count). The van der Waals surface area contributed by atoms with Crippen LogP contribution >= 0.6 is 0 Å². The maximum Gasteiger partial charge on any atom is 2.00 e. The maximum atomic E-state index is 12.4. The molecule has 2 aliphatic heterocycles. The van der Waals surface area contributed by atoms with Crippen LogP contribution in [0.2, 0.25) is 0 Å². The van der Waals surface area contributed by atoms with E-state index >= 15 is 0 Å². The molecule has 21 heteroatoms. The van der Waals surface area contributed by atoms with Crippen LogP contribution in [0.5, 0.6) is 46.0 Å². The summed E-state index contributed by atoms with van der Waals surface area (Å²) in [7, 11) is 0. The van der Waals surface area contributed by atoms with E-state index in [9.17, 15) is 19.2 Å². The minimum atomic E-state index is -0.478. The standard InChI is InChI=1S/C72H40N8O12.Mn/c1-33-21-61(81)89-57-29-41(5-13-45(33)57)85-37-9-17-49-53(25-37)69-75-65(49)73-66-51-19-11-39(87-43-7-15-47-35(3)23-63(83)91-59(47)31-43)27-55(51)71(77-66)80-72-56-28-40(88-44-8-16-48-36(4)24-64(84)92-60(48)32-44)12-20-52(56)68(78-72)74-67-50-18-10-38(26-54(50)70(76-67)79-69)86-42-6-14-46-34(2)22-62(82)90-58(46)30-42;/h5-32H,1-4H3;/q-2;+2. The maximum absolute atomic E-state index is 12.4. The van der Waals surface area contributed by atoms with Crippen molar-refractivity contribution in [2.45, 2.75) is 27.7 Å². The smallest absolute Gasteiger partial charge is 0.457 e. The third-order valence-electron chi connectivity index (χ3n) is 16.2. The molecule has 0 unspecified atom stereocenters. The van der Waals surface area contributed by atoms with Gasteiger partial charge < -0.3 is 66.5 Å². The van der Waals surface area contributed by atoms with Crippen molar-refractivity contribution in [3.8, 4) is 91.5 Å². The average Bonchev–Trinajstić information content (AvgIpc) is 1.63. The molecule has 0 N–H and O–H groups in total. The Hall–Kier alpha value is -12.3. The molecule has 0 aliphatic carbocycles. The molecule has 20 nitrogen and oxygen atoms in total. The Bertz CT molecular complexity index is 5850. The molecule has 0 amide bonds. The van der Waals surface area contributed by atoms with Crippen LogP contribution in [0, 0.1) is 27.7 Å². The van der Waals surface area contributed by atoms with Gasteiger partial charge in [0.25, 0.3) is 0 Å². The summed E-state index contributed by atoms with van der Waals surface area (Å²) in [5.41, 5.74) is 5.84. The first-order valence-electron chi connectivity index (χ1n) is 28.9. The summed E-state index contributed by atoms with van der Waals surface area (Å²) < 4.78 is 48.2. The van der Waals surface area contributed by atoms with E-state index < -0.39 is 22.5 Å². The molecule has 0 atom stereocenters. The zero-order valence-corrected chi connectivity index (χ0v) is 50.2. The first kappa shape index (κ1) is 56.0. The second-order valence-electron chi connectivity index (χ2n) is 22.3. The number of hydrogen-bond donors (Lipinski definition) is 0. The molecular weight excluding hydrogens is 1220 g/mol. The molecule has 9 heterocycles. The predicted octanol–water partition coefficient (Wildman–Crippen LogP) is 15.0. The monoisotopic (exact) mass is 1260 g/mol. The Balaban J connectivity index is 0.00000686. The fourth-order valence-corrected chi connectivity index (χ4v) is 11.9. The quantitative estimate of drug-likeness (QED) is 0.101. The third-order valence-corrected chi connectivity index (χ3v) is 16.2. The number of benzene rings is 8. The molecule has 0 saturated carbocycles. The largest absolute Gasteiger partial charge is 2.00 e. The Kier molecular flexibility index (Phi) is 12.9. The molecule has 2 aliphatic rings. The molecule has 8 bridgehead atoms. The Morgan fingerprint density at radius 3 is 0.828 bits per heavy atom. The zero-order valence-electron chi connectivity index (χ0n) is 49.0. The van der Waals surface area contributed by atoms with E-state index in [0.29, 0.717) is 112 Å². The van der Waals surface area contributed by atoms with Crippen molar-refractivity contribution in [3.05, 3.63) is 234 Å². The van der Waals surface area contributed by atoms with Gasteiger partial charge in [0.15, 0.2) is 0 Å². The topological polar surface area (TPSA) is 263 Å². The van der Waals surface area contributed by atoms with Gasteiger partial charge in [0.1, 0.15) is 68.3 Å². The summed E-state index contributed by atoms with van der Waals surface area (Å²) >= 11 is 0. The van der Waals surface area contributed by atoms with Crippen LogP contribution < -0.4 is 51.4 Å². The van der Waals surface area contributed by atoms with Crippen molar-refractivity contribution in [2.24, 2.45) is 0 Å². The van der Waals surface area contributed by atoms with Crippen LogP contribution in [-0.4, -0.2) is 29.9 Å². The second kappa shape index (κ2) is 21.4.